The quantitative estimate of drug-likeness (QED) is 0.707. The Morgan fingerprint density at radius 2 is 2.05 bits per heavy atom. The lowest BCUT2D eigenvalue weighted by molar-refractivity contribution is -0.152. The summed E-state index contributed by atoms with van der Waals surface area (Å²) in [5, 5.41) is 9.20. The van der Waals surface area contributed by atoms with Gasteiger partial charge in [0.15, 0.2) is 0 Å². The highest BCUT2D eigenvalue weighted by Crippen LogP contribution is 2.21. The molecule has 3 N–H and O–H groups in total. The van der Waals surface area contributed by atoms with Gasteiger partial charge in [-0.05, 0) is 19.8 Å². The van der Waals surface area contributed by atoms with Crippen molar-refractivity contribution >= 4 is 11.9 Å². The third-order valence-electron chi connectivity index (χ3n) is 3.92. The first kappa shape index (κ1) is 15.1. The summed E-state index contributed by atoms with van der Waals surface area (Å²) in [6.07, 6.45) is 1.17. The number of primary amides is 1. The van der Waals surface area contributed by atoms with Crippen molar-refractivity contribution in [3.05, 3.63) is 0 Å². The van der Waals surface area contributed by atoms with Gasteiger partial charge < -0.3 is 25.4 Å². The van der Waals surface area contributed by atoms with Gasteiger partial charge in [-0.3, -0.25) is 4.79 Å². The average Bonchev–Trinajstić information content (AvgIpc) is 2.45. The number of aliphatic hydroxyl groups is 1. The predicted octanol–water partition coefficient (Wildman–Crippen LogP) is -0.615. The molecule has 2 aliphatic rings. The lowest BCUT2D eigenvalue weighted by atomic mass is 9.96. The first-order valence-corrected chi connectivity index (χ1v) is 7.10. The van der Waals surface area contributed by atoms with E-state index in [0.717, 1.165) is 12.8 Å². The predicted molar refractivity (Wildman–Crippen MR) is 71.9 cm³/mol. The molecule has 3 amide bonds. The van der Waals surface area contributed by atoms with Crippen LogP contribution in [0.3, 0.4) is 0 Å². The number of amides is 3. The van der Waals surface area contributed by atoms with Gasteiger partial charge in [0.25, 0.3) is 0 Å². The molecule has 114 valence electrons. The number of nitrogens with zero attached hydrogens (tertiary/aromatic N) is 2. The Bertz CT molecular complexity index is 377. The van der Waals surface area contributed by atoms with Crippen molar-refractivity contribution in [2.45, 2.75) is 32.0 Å². The van der Waals surface area contributed by atoms with Gasteiger partial charge in [-0.25, -0.2) is 4.79 Å². The van der Waals surface area contributed by atoms with Gasteiger partial charge in [0.05, 0.1) is 24.7 Å². The van der Waals surface area contributed by atoms with Crippen LogP contribution in [0.4, 0.5) is 4.79 Å². The fourth-order valence-corrected chi connectivity index (χ4v) is 2.96. The molecule has 0 spiro atoms. The number of aliphatic hydroxyl groups excluding tert-OH is 1. The van der Waals surface area contributed by atoms with Crippen LogP contribution in [0.25, 0.3) is 0 Å². The number of carbonyl (C=O) groups is 2. The molecule has 2 aliphatic heterocycles. The molecule has 2 saturated heterocycles. The molecule has 0 saturated carbocycles. The highest BCUT2D eigenvalue weighted by Gasteiger charge is 2.34. The Hall–Kier alpha value is -1.34. The van der Waals surface area contributed by atoms with E-state index >= 15 is 0 Å². The molecule has 2 fully saturated rings. The van der Waals surface area contributed by atoms with Crippen LogP contribution >= 0.6 is 0 Å². The van der Waals surface area contributed by atoms with Crippen LogP contribution in [0.2, 0.25) is 0 Å². The summed E-state index contributed by atoms with van der Waals surface area (Å²) < 4.78 is 5.53. The molecule has 7 nitrogen and oxygen atoms in total. The van der Waals surface area contributed by atoms with Gasteiger partial charge >= 0.3 is 6.03 Å². The van der Waals surface area contributed by atoms with Crippen LogP contribution in [0.15, 0.2) is 0 Å². The van der Waals surface area contributed by atoms with Gasteiger partial charge in [0, 0.05) is 26.2 Å². The molecule has 7 heteroatoms. The SMILES string of the molecule is CC1CN(C(=O)C2CCCN(C(N)=O)C2)CC(CO)O1. The van der Waals surface area contributed by atoms with Crippen LogP contribution in [0.5, 0.6) is 0 Å². The first-order valence-electron chi connectivity index (χ1n) is 7.10. The Morgan fingerprint density at radius 3 is 2.70 bits per heavy atom. The van der Waals surface area contributed by atoms with E-state index in [2.05, 4.69) is 0 Å². The minimum atomic E-state index is -0.467. The standard InChI is InChI=1S/C13H23N3O4/c1-9-5-16(7-11(8-17)20-9)12(18)10-3-2-4-15(6-10)13(14)19/h9-11,17H,2-8H2,1H3,(H2,14,19). The van der Waals surface area contributed by atoms with Crippen LogP contribution < -0.4 is 5.73 Å². The van der Waals surface area contributed by atoms with Crippen molar-refractivity contribution in [2.24, 2.45) is 11.7 Å². The number of likely N-dealkylation sites (tertiary alicyclic amines) is 1. The van der Waals surface area contributed by atoms with Crippen LogP contribution in [-0.2, 0) is 9.53 Å². The fourth-order valence-electron chi connectivity index (χ4n) is 2.96. The average molecular weight is 285 g/mol. The van der Waals surface area contributed by atoms with Gasteiger partial charge in [0.2, 0.25) is 5.91 Å². The summed E-state index contributed by atoms with van der Waals surface area (Å²) in [6.45, 7) is 3.75. The zero-order chi connectivity index (χ0) is 14.7. The number of rotatable bonds is 2. The normalized spacial score (nSPS) is 31.2. The lowest BCUT2D eigenvalue weighted by Gasteiger charge is -2.39. The van der Waals surface area contributed by atoms with Gasteiger partial charge in [-0.15, -0.1) is 0 Å². The molecule has 0 aromatic heterocycles. The second kappa shape index (κ2) is 6.41. The molecule has 3 atom stereocenters. The maximum absolute atomic E-state index is 12.5. The molecule has 0 aromatic carbocycles. The Kier molecular flexibility index (Phi) is 4.82. The number of hydrogen-bond donors (Lipinski definition) is 2. The molecule has 3 unspecified atom stereocenters. The second-order valence-electron chi connectivity index (χ2n) is 5.62. The molecule has 2 heterocycles. The Labute approximate surface area is 118 Å². The summed E-state index contributed by atoms with van der Waals surface area (Å²) in [5.41, 5.74) is 5.28. The van der Waals surface area contributed by atoms with Crippen molar-refractivity contribution < 1.29 is 19.4 Å². The van der Waals surface area contributed by atoms with E-state index in [1.54, 1.807) is 4.90 Å². The molecular weight excluding hydrogens is 262 g/mol. The molecule has 0 aliphatic carbocycles. The summed E-state index contributed by atoms with van der Waals surface area (Å²) >= 11 is 0. The van der Waals surface area contributed by atoms with E-state index in [-0.39, 0.29) is 30.6 Å². The first-order chi connectivity index (χ1) is 9.51. The molecule has 20 heavy (non-hydrogen) atoms. The van der Waals surface area contributed by atoms with Gasteiger partial charge in [-0.1, -0.05) is 0 Å². The van der Waals surface area contributed by atoms with Crippen molar-refractivity contribution in [1.29, 1.82) is 0 Å². The highest BCUT2D eigenvalue weighted by atomic mass is 16.5. The van der Waals surface area contributed by atoms with E-state index < -0.39 is 6.03 Å². The number of piperidine rings is 1. The van der Waals surface area contributed by atoms with E-state index in [0.29, 0.717) is 26.2 Å². The van der Waals surface area contributed by atoms with Crippen molar-refractivity contribution in [3.8, 4) is 0 Å². The van der Waals surface area contributed by atoms with Gasteiger partial charge in [-0.2, -0.15) is 0 Å². The summed E-state index contributed by atoms with van der Waals surface area (Å²) in [4.78, 5) is 27.0. The smallest absolute Gasteiger partial charge is 0.314 e. The van der Waals surface area contributed by atoms with Crippen LogP contribution in [-0.4, -0.2) is 71.8 Å². The zero-order valence-electron chi connectivity index (χ0n) is 11.8. The minimum absolute atomic E-state index is 0.0320. The molecule has 0 aromatic rings. The maximum Gasteiger partial charge on any atom is 0.314 e. The van der Waals surface area contributed by atoms with Crippen molar-refractivity contribution in [2.75, 3.05) is 32.8 Å². The third-order valence-corrected chi connectivity index (χ3v) is 3.92. The molecular formula is C13H23N3O4. The van der Waals surface area contributed by atoms with E-state index in [1.807, 2.05) is 6.92 Å². The number of hydrogen-bond acceptors (Lipinski definition) is 4. The highest BCUT2D eigenvalue weighted by molar-refractivity contribution is 5.80. The van der Waals surface area contributed by atoms with Crippen LogP contribution in [0, 0.1) is 5.92 Å². The summed E-state index contributed by atoms with van der Waals surface area (Å²) in [5.74, 6) is -0.162. The molecule has 0 bridgehead atoms. The topological polar surface area (TPSA) is 96.1 Å². The Balaban J connectivity index is 1.97. The van der Waals surface area contributed by atoms with E-state index in [9.17, 15) is 14.7 Å². The number of urea groups is 1. The zero-order valence-corrected chi connectivity index (χ0v) is 11.8. The van der Waals surface area contributed by atoms with Crippen molar-refractivity contribution in [3.63, 3.8) is 0 Å². The van der Waals surface area contributed by atoms with E-state index in [4.69, 9.17) is 10.5 Å². The fraction of sp³-hybridized carbons (Fsp3) is 0.846. The number of morpholine rings is 1. The maximum atomic E-state index is 12.5. The van der Waals surface area contributed by atoms with Gasteiger partial charge in [0.1, 0.15) is 0 Å². The monoisotopic (exact) mass is 285 g/mol. The number of nitrogens with two attached hydrogens (primary N) is 1. The summed E-state index contributed by atoms with van der Waals surface area (Å²) in [6, 6.07) is -0.467. The number of carbonyl (C=O) groups excluding carboxylic acids is 2. The Morgan fingerprint density at radius 1 is 1.30 bits per heavy atom. The largest absolute Gasteiger partial charge is 0.394 e. The molecule has 2 rings (SSSR count). The van der Waals surface area contributed by atoms with Crippen molar-refractivity contribution in [1.82, 2.24) is 9.80 Å². The second-order valence-corrected chi connectivity index (χ2v) is 5.62. The van der Waals surface area contributed by atoms with E-state index in [1.165, 1.54) is 4.90 Å². The lowest BCUT2D eigenvalue weighted by Crippen LogP contribution is -2.54. The van der Waals surface area contributed by atoms with Crippen LogP contribution in [0.1, 0.15) is 19.8 Å². The minimum Gasteiger partial charge on any atom is -0.394 e. The third kappa shape index (κ3) is 3.40. The number of ether oxygens (including phenoxy) is 1. The molecule has 0 radical (unpaired) electrons. The summed E-state index contributed by atoms with van der Waals surface area (Å²) in [7, 11) is 0.